The third-order valence-electron chi connectivity index (χ3n) is 4.87. The van der Waals surface area contributed by atoms with Gasteiger partial charge in [0.15, 0.2) is 0 Å². The second kappa shape index (κ2) is 8.33. The highest BCUT2D eigenvalue weighted by molar-refractivity contribution is 5.99. The number of carbonyl (C=O) groups is 1. The molecular formula is C21H25N3O3. The van der Waals surface area contributed by atoms with Gasteiger partial charge in [-0.15, -0.1) is 0 Å². The van der Waals surface area contributed by atoms with Gasteiger partial charge in [-0.2, -0.15) is 5.10 Å². The van der Waals surface area contributed by atoms with Crippen molar-refractivity contribution in [3.05, 3.63) is 66.0 Å². The highest BCUT2D eigenvalue weighted by Gasteiger charge is 2.32. The van der Waals surface area contributed by atoms with E-state index < -0.39 is 12.2 Å². The SMILES string of the molecule is CC[C@@H](O)[C@@H](C)C(OCc1ccccc1)C(=O)c1ccc2c(N)ccnn12. The van der Waals surface area contributed by atoms with Crippen molar-refractivity contribution < 1.29 is 14.6 Å². The maximum atomic E-state index is 13.3. The molecule has 0 aliphatic heterocycles. The largest absolute Gasteiger partial charge is 0.397 e. The molecule has 0 amide bonds. The molecule has 2 heterocycles. The molecule has 6 nitrogen and oxygen atoms in total. The number of ketones is 1. The first-order valence-corrected chi connectivity index (χ1v) is 9.13. The number of Topliss-reactive ketones (excluding diaryl/α,β-unsaturated/α-hetero) is 1. The molecular weight excluding hydrogens is 342 g/mol. The number of nitrogen functional groups attached to an aromatic ring is 1. The van der Waals surface area contributed by atoms with E-state index in [1.54, 1.807) is 24.4 Å². The van der Waals surface area contributed by atoms with E-state index in [0.29, 0.717) is 23.3 Å². The molecule has 142 valence electrons. The van der Waals surface area contributed by atoms with E-state index in [2.05, 4.69) is 5.10 Å². The Morgan fingerprint density at radius 3 is 2.67 bits per heavy atom. The van der Waals surface area contributed by atoms with Crippen LogP contribution < -0.4 is 5.73 Å². The lowest BCUT2D eigenvalue weighted by molar-refractivity contribution is -0.0257. The zero-order chi connectivity index (χ0) is 19.4. The molecule has 27 heavy (non-hydrogen) atoms. The molecule has 3 rings (SSSR count). The highest BCUT2D eigenvalue weighted by Crippen LogP contribution is 2.23. The summed E-state index contributed by atoms with van der Waals surface area (Å²) in [4.78, 5) is 13.3. The predicted octanol–water partition coefficient (Wildman–Crippen LogP) is 3.09. The number of aliphatic hydroxyl groups excluding tert-OH is 1. The first-order valence-electron chi connectivity index (χ1n) is 9.13. The van der Waals surface area contributed by atoms with Gasteiger partial charge >= 0.3 is 0 Å². The van der Waals surface area contributed by atoms with Crippen molar-refractivity contribution in [2.75, 3.05) is 5.73 Å². The summed E-state index contributed by atoms with van der Waals surface area (Å²) >= 11 is 0. The van der Waals surface area contributed by atoms with Crippen LogP contribution in [0.2, 0.25) is 0 Å². The maximum absolute atomic E-state index is 13.3. The minimum absolute atomic E-state index is 0.218. The molecule has 3 N–H and O–H groups in total. The number of hydrogen-bond acceptors (Lipinski definition) is 5. The molecule has 0 radical (unpaired) electrons. The van der Waals surface area contributed by atoms with Gasteiger partial charge in [0.05, 0.1) is 23.9 Å². The van der Waals surface area contributed by atoms with Gasteiger partial charge in [0.25, 0.3) is 0 Å². The van der Waals surface area contributed by atoms with Crippen LogP contribution in [0.5, 0.6) is 0 Å². The number of nitrogens with zero attached hydrogens (tertiary/aromatic N) is 2. The number of carbonyl (C=O) groups excluding carboxylic acids is 1. The molecule has 0 aliphatic rings. The van der Waals surface area contributed by atoms with Crippen LogP contribution in [0, 0.1) is 5.92 Å². The number of aliphatic hydroxyl groups is 1. The van der Waals surface area contributed by atoms with E-state index in [0.717, 1.165) is 5.56 Å². The molecule has 3 aromatic rings. The van der Waals surface area contributed by atoms with Crippen LogP contribution in [0.1, 0.15) is 36.3 Å². The van der Waals surface area contributed by atoms with Crippen LogP contribution in [-0.2, 0) is 11.3 Å². The van der Waals surface area contributed by atoms with Crippen molar-refractivity contribution in [3.63, 3.8) is 0 Å². The van der Waals surface area contributed by atoms with Gasteiger partial charge in [-0.05, 0) is 30.2 Å². The van der Waals surface area contributed by atoms with Gasteiger partial charge in [-0.3, -0.25) is 4.79 Å². The molecule has 0 fully saturated rings. The monoisotopic (exact) mass is 367 g/mol. The van der Waals surface area contributed by atoms with Crippen molar-refractivity contribution in [1.82, 2.24) is 9.61 Å². The van der Waals surface area contributed by atoms with Crippen molar-refractivity contribution >= 4 is 17.0 Å². The van der Waals surface area contributed by atoms with Crippen LogP contribution >= 0.6 is 0 Å². The van der Waals surface area contributed by atoms with Crippen LogP contribution in [0.3, 0.4) is 0 Å². The summed E-state index contributed by atoms with van der Waals surface area (Å²) in [7, 11) is 0. The molecule has 1 unspecified atom stereocenters. The summed E-state index contributed by atoms with van der Waals surface area (Å²) in [5.41, 5.74) is 8.55. The summed E-state index contributed by atoms with van der Waals surface area (Å²) < 4.78 is 7.53. The average Bonchev–Trinajstić information content (AvgIpc) is 3.13. The fourth-order valence-corrected chi connectivity index (χ4v) is 3.17. The second-order valence-corrected chi connectivity index (χ2v) is 6.72. The van der Waals surface area contributed by atoms with Gasteiger partial charge in [0, 0.05) is 12.1 Å². The van der Waals surface area contributed by atoms with E-state index in [4.69, 9.17) is 10.5 Å². The maximum Gasteiger partial charge on any atom is 0.210 e. The Kier molecular flexibility index (Phi) is 5.88. The van der Waals surface area contributed by atoms with Crippen LogP contribution in [0.25, 0.3) is 5.52 Å². The van der Waals surface area contributed by atoms with Crippen LogP contribution in [0.15, 0.2) is 54.7 Å². The lowest BCUT2D eigenvalue weighted by Crippen LogP contribution is -2.38. The molecule has 0 saturated heterocycles. The van der Waals surface area contributed by atoms with Crippen molar-refractivity contribution in [2.45, 2.75) is 39.1 Å². The smallest absolute Gasteiger partial charge is 0.210 e. The third-order valence-corrected chi connectivity index (χ3v) is 4.87. The zero-order valence-corrected chi connectivity index (χ0v) is 15.6. The van der Waals surface area contributed by atoms with Gasteiger partial charge in [0.1, 0.15) is 11.8 Å². The molecule has 2 aromatic heterocycles. The summed E-state index contributed by atoms with van der Waals surface area (Å²) in [5.74, 6) is -0.582. The number of fused-ring (bicyclic) bond motifs is 1. The summed E-state index contributed by atoms with van der Waals surface area (Å²) in [6.07, 6.45) is 0.670. The number of anilines is 1. The number of rotatable bonds is 8. The van der Waals surface area contributed by atoms with Gasteiger partial charge in [0.2, 0.25) is 5.78 Å². The molecule has 0 bridgehead atoms. The fraction of sp³-hybridized carbons (Fsp3) is 0.333. The van der Waals surface area contributed by atoms with E-state index >= 15 is 0 Å². The quantitative estimate of drug-likeness (QED) is 0.597. The highest BCUT2D eigenvalue weighted by atomic mass is 16.5. The average molecular weight is 367 g/mol. The topological polar surface area (TPSA) is 89.8 Å². The molecule has 0 spiro atoms. The third kappa shape index (κ3) is 4.02. The Balaban J connectivity index is 1.90. The van der Waals surface area contributed by atoms with Gasteiger partial charge in [-0.25, -0.2) is 4.52 Å². The van der Waals surface area contributed by atoms with E-state index in [9.17, 15) is 9.90 Å². The van der Waals surface area contributed by atoms with Crippen LogP contribution in [0.4, 0.5) is 5.69 Å². The number of benzene rings is 1. The van der Waals surface area contributed by atoms with E-state index in [1.165, 1.54) is 4.52 Å². The number of nitrogens with two attached hydrogens (primary N) is 1. The Labute approximate surface area is 158 Å². The fourth-order valence-electron chi connectivity index (χ4n) is 3.17. The minimum Gasteiger partial charge on any atom is -0.397 e. The number of hydrogen-bond donors (Lipinski definition) is 2. The Bertz CT molecular complexity index is 907. The molecule has 0 aliphatic carbocycles. The molecule has 6 heteroatoms. The molecule has 3 atom stereocenters. The number of ether oxygens (including phenoxy) is 1. The van der Waals surface area contributed by atoms with Crippen molar-refractivity contribution in [1.29, 1.82) is 0 Å². The lowest BCUT2D eigenvalue weighted by atomic mass is 9.92. The summed E-state index contributed by atoms with van der Waals surface area (Å²) in [6, 6.07) is 14.8. The van der Waals surface area contributed by atoms with Crippen LogP contribution in [-0.4, -0.2) is 32.7 Å². The standard InChI is InChI=1S/C21H25N3O3/c1-3-19(25)14(2)21(27-13-15-7-5-4-6-8-15)20(26)18-10-9-17-16(22)11-12-23-24(17)18/h4-12,14,19,21,25H,3,13,22H2,1-2H3/t14-,19-,21?/m1/s1. The molecule has 1 aromatic carbocycles. The minimum atomic E-state index is -0.790. The van der Waals surface area contributed by atoms with E-state index in [-0.39, 0.29) is 18.3 Å². The predicted molar refractivity (Wildman–Crippen MR) is 104 cm³/mol. The summed E-state index contributed by atoms with van der Waals surface area (Å²) in [6.45, 7) is 4.00. The zero-order valence-electron chi connectivity index (χ0n) is 15.6. The van der Waals surface area contributed by atoms with Gasteiger partial charge in [-0.1, -0.05) is 44.2 Å². The summed E-state index contributed by atoms with van der Waals surface area (Å²) in [5, 5.41) is 14.6. The Hall–Kier alpha value is -2.70. The molecule has 0 saturated carbocycles. The first kappa shape index (κ1) is 19.1. The Morgan fingerprint density at radius 2 is 1.96 bits per heavy atom. The van der Waals surface area contributed by atoms with Crippen molar-refractivity contribution in [3.8, 4) is 0 Å². The lowest BCUT2D eigenvalue weighted by Gasteiger charge is -2.26. The van der Waals surface area contributed by atoms with Crippen molar-refractivity contribution in [2.24, 2.45) is 5.92 Å². The van der Waals surface area contributed by atoms with E-state index in [1.807, 2.05) is 44.2 Å². The normalized spacial score (nSPS) is 14.8. The number of aromatic nitrogens is 2. The first-order chi connectivity index (χ1) is 13.0. The van der Waals surface area contributed by atoms with Gasteiger partial charge < -0.3 is 15.6 Å². The Morgan fingerprint density at radius 1 is 1.22 bits per heavy atom. The second-order valence-electron chi connectivity index (χ2n) is 6.72.